The summed E-state index contributed by atoms with van der Waals surface area (Å²) < 4.78 is 2.75. The first-order chi connectivity index (χ1) is 7.40. The Morgan fingerprint density at radius 1 is 1.20 bits per heavy atom. The van der Waals surface area contributed by atoms with Crippen LogP contribution in [-0.4, -0.2) is 4.98 Å². The quantitative estimate of drug-likeness (QED) is 0.595. The SMILES string of the molecule is CCc1cccc2c1sc1ccncc12. The molecule has 0 aliphatic heterocycles. The first-order valence-corrected chi connectivity index (χ1v) is 5.96. The molecule has 2 heterocycles. The molecule has 1 aromatic carbocycles. The Balaban J connectivity index is 2.53. The van der Waals surface area contributed by atoms with Gasteiger partial charge in [0.2, 0.25) is 0 Å². The fourth-order valence-electron chi connectivity index (χ4n) is 1.98. The summed E-state index contributed by atoms with van der Waals surface area (Å²) in [5.74, 6) is 0. The molecule has 0 bridgehead atoms. The van der Waals surface area contributed by atoms with Gasteiger partial charge in [0.1, 0.15) is 0 Å². The van der Waals surface area contributed by atoms with E-state index in [1.807, 2.05) is 23.7 Å². The molecule has 0 spiro atoms. The molecule has 0 unspecified atom stereocenters. The first-order valence-electron chi connectivity index (χ1n) is 5.14. The molecule has 0 fully saturated rings. The number of benzene rings is 1. The van der Waals surface area contributed by atoms with Gasteiger partial charge in [0.05, 0.1) is 0 Å². The molecule has 2 heteroatoms. The van der Waals surface area contributed by atoms with Gasteiger partial charge in [-0.15, -0.1) is 11.3 Å². The largest absolute Gasteiger partial charge is 0.264 e. The minimum Gasteiger partial charge on any atom is -0.264 e. The standard InChI is InChI=1S/C13H11NS/c1-2-9-4-3-5-10-11-8-14-7-6-12(11)15-13(9)10/h3-8H,2H2,1H3. The van der Waals surface area contributed by atoms with Crippen molar-refractivity contribution in [2.45, 2.75) is 13.3 Å². The summed E-state index contributed by atoms with van der Waals surface area (Å²) in [6, 6.07) is 8.64. The summed E-state index contributed by atoms with van der Waals surface area (Å²) in [6.07, 6.45) is 4.93. The molecular formula is C13H11NS. The van der Waals surface area contributed by atoms with Gasteiger partial charge >= 0.3 is 0 Å². The minimum atomic E-state index is 1.09. The van der Waals surface area contributed by atoms with Gasteiger partial charge in [0.25, 0.3) is 0 Å². The van der Waals surface area contributed by atoms with Crippen LogP contribution in [0.15, 0.2) is 36.7 Å². The second-order valence-corrected chi connectivity index (χ2v) is 4.67. The third-order valence-electron chi connectivity index (χ3n) is 2.76. The van der Waals surface area contributed by atoms with Crippen LogP contribution >= 0.6 is 11.3 Å². The molecular weight excluding hydrogens is 202 g/mol. The topological polar surface area (TPSA) is 12.9 Å². The van der Waals surface area contributed by atoms with E-state index in [4.69, 9.17) is 0 Å². The van der Waals surface area contributed by atoms with Crippen molar-refractivity contribution in [2.75, 3.05) is 0 Å². The Bertz CT molecular complexity index is 625. The number of aromatic nitrogens is 1. The summed E-state index contributed by atoms with van der Waals surface area (Å²) in [5.41, 5.74) is 1.44. The molecule has 3 rings (SSSR count). The Labute approximate surface area is 92.4 Å². The zero-order chi connectivity index (χ0) is 10.3. The van der Waals surface area contributed by atoms with Crippen molar-refractivity contribution in [2.24, 2.45) is 0 Å². The van der Waals surface area contributed by atoms with Crippen LogP contribution in [0.2, 0.25) is 0 Å². The maximum absolute atomic E-state index is 4.20. The highest BCUT2D eigenvalue weighted by Gasteiger charge is 2.06. The van der Waals surface area contributed by atoms with E-state index >= 15 is 0 Å². The van der Waals surface area contributed by atoms with E-state index in [0.717, 1.165) is 6.42 Å². The number of rotatable bonds is 1. The van der Waals surface area contributed by atoms with Crippen LogP contribution in [0.1, 0.15) is 12.5 Å². The second kappa shape index (κ2) is 3.31. The fourth-order valence-corrected chi connectivity index (χ4v) is 3.23. The van der Waals surface area contributed by atoms with E-state index < -0.39 is 0 Å². The van der Waals surface area contributed by atoms with Crippen molar-refractivity contribution in [1.29, 1.82) is 0 Å². The number of nitrogens with zero attached hydrogens (tertiary/aromatic N) is 1. The van der Waals surface area contributed by atoms with Crippen molar-refractivity contribution in [1.82, 2.24) is 4.98 Å². The molecule has 1 nitrogen and oxygen atoms in total. The van der Waals surface area contributed by atoms with E-state index in [0.29, 0.717) is 0 Å². The predicted octanol–water partition coefficient (Wildman–Crippen LogP) is 4.01. The van der Waals surface area contributed by atoms with Gasteiger partial charge in [-0.3, -0.25) is 4.98 Å². The maximum Gasteiger partial charge on any atom is 0.0387 e. The highest BCUT2D eigenvalue weighted by atomic mass is 32.1. The molecule has 0 N–H and O–H groups in total. The fraction of sp³-hybridized carbons (Fsp3) is 0.154. The lowest BCUT2D eigenvalue weighted by atomic mass is 10.1. The molecule has 74 valence electrons. The Kier molecular flexibility index (Phi) is 1.96. The van der Waals surface area contributed by atoms with E-state index in [2.05, 4.69) is 36.2 Å². The lowest BCUT2D eigenvalue weighted by molar-refractivity contribution is 1.16. The minimum absolute atomic E-state index is 1.09. The Hall–Kier alpha value is -1.41. The van der Waals surface area contributed by atoms with Crippen LogP contribution in [0.4, 0.5) is 0 Å². The second-order valence-electron chi connectivity index (χ2n) is 3.62. The molecule has 0 aliphatic rings. The third-order valence-corrected chi connectivity index (χ3v) is 4.02. The first kappa shape index (κ1) is 8.86. The summed E-state index contributed by atoms with van der Waals surface area (Å²) in [4.78, 5) is 4.20. The zero-order valence-corrected chi connectivity index (χ0v) is 9.34. The predicted molar refractivity (Wildman–Crippen MR) is 66.5 cm³/mol. The van der Waals surface area contributed by atoms with Crippen molar-refractivity contribution in [3.05, 3.63) is 42.2 Å². The molecule has 0 saturated carbocycles. The number of hydrogen-bond donors (Lipinski definition) is 0. The van der Waals surface area contributed by atoms with Gasteiger partial charge in [0, 0.05) is 32.6 Å². The van der Waals surface area contributed by atoms with Crippen molar-refractivity contribution < 1.29 is 0 Å². The van der Waals surface area contributed by atoms with Gasteiger partial charge < -0.3 is 0 Å². The van der Waals surface area contributed by atoms with Gasteiger partial charge in [-0.25, -0.2) is 0 Å². The average Bonchev–Trinajstić information content (AvgIpc) is 2.67. The van der Waals surface area contributed by atoms with E-state index in [1.54, 1.807) is 0 Å². The smallest absolute Gasteiger partial charge is 0.0387 e. The molecule has 0 saturated heterocycles. The van der Waals surface area contributed by atoms with E-state index in [1.165, 1.54) is 25.7 Å². The summed E-state index contributed by atoms with van der Waals surface area (Å²) in [6.45, 7) is 2.21. The average molecular weight is 213 g/mol. The maximum atomic E-state index is 4.20. The van der Waals surface area contributed by atoms with Gasteiger partial charge in [-0.05, 0) is 18.1 Å². The van der Waals surface area contributed by atoms with Crippen LogP contribution in [0.3, 0.4) is 0 Å². The van der Waals surface area contributed by atoms with Crippen LogP contribution in [0, 0.1) is 0 Å². The van der Waals surface area contributed by atoms with Crippen molar-refractivity contribution in [3.63, 3.8) is 0 Å². The number of pyridine rings is 1. The molecule has 3 aromatic rings. The molecule has 0 radical (unpaired) electrons. The summed E-state index contributed by atoms with van der Waals surface area (Å²) in [5, 5.41) is 2.63. The van der Waals surface area contributed by atoms with Gasteiger partial charge in [-0.2, -0.15) is 0 Å². The Morgan fingerprint density at radius 3 is 3.00 bits per heavy atom. The molecule has 15 heavy (non-hydrogen) atoms. The highest BCUT2D eigenvalue weighted by Crippen LogP contribution is 2.35. The number of aryl methyl sites for hydroxylation is 1. The van der Waals surface area contributed by atoms with Gasteiger partial charge in [-0.1, -0.05) is 25.1 Å². The molecule has 0 amide bonds. The monoisotopic (exact) mass is 213 g/mol. The van der Waals surface area contributed by atoms with Crippen LogP contribution in [0.5, 0.6) is 0 Å². The normalized spacial score (nSPS) is 11.3. The Morgan fingerprint density at radius 2 is 2.13 bits per heavy atom. The van der Waals surface area contributed by atoms with Gasteiger partial charge in [0.15, 0.2) is 0 Å². The summed E-state index contributed by atoms with van der Waals surface area (Å²) in [7, 11) is 0. The van der Waals surface area contributed by atoms with Crippen LogP contribution in [-0.2, 0) is 6.42 Å². The lowest BCUT2D eigenvalue weighted by Crippen LogP contribution is -1.78. The third kappa shape index (κ3) is 1.25. The number of hydrogen-bond acceptors (Lipinski definition) is 2. The molecule has 0 aliphatic carbocycles. The zero-order valence-electron chi connectivity index (χ0n) is 8.53. The summed E-state index contributed by atoms with van der Waals surface area (Å²) >= 11 is 1.87. The van der Waals surface area contributed by atoms with E-state index in [9.17, 15) is 0 Å². The van der Waals surface area contributed by atoms with Crippen molar-refractivity contribution in [3.8, 4) is 0 Å². The number of thiophene rings is 1. The van der Waals surface area contributed by atoms with Crippen molar-refractivity contribution >= 4 is 31.5 Å². The van der Waals surface area contributed by atoms with Crippen LogP contribution in [0.25, 0.3) is 20.2 Å². The molecule has 0 atom stereocenters. The lowest BCUT2D eigenvalue weighted by Gasteiger charge is -1.97. The van der Waals surface area contributed by atoms with Crippen LogP contribution < -0.4 is 0 Å². The number of fused-ring (bicyclic) bond motifs is 3. The highest BCUT2D eigenvalue weighted by molar-refractivity contribution is 7.26. The molecule has 2 aromatic heterocycles. The van der Waals surface area contributed by atoms with E-state index in [-0.39, 0.29) is 0 Å².